The van der Waals surface area contributed by atoms with Gasteiger partial charge in [-0.25, -0.2) is 0 Å². The molecular weight excluding hydrogens is 404 g/mol. The van der Waals surface area contributed by atoms with Crippen molar-refractivity contribution >= 4 is 17.4 Å². The zero-order valence-electron chi connectivity index (χ0n) is 18.7. The first kappa shape index (κ1) is 22.2. The number of nitrogens with zero attached hydrogens (tertiary/aromatic N) is 2. The van der Waals surface area contributed by atoms with Crippen molar-refractivity contribution in [3.05, 3.63) is 76.9 Å². The number of hydrogen-bond donors (Lipinski definition) is 1. The molecule has 0 saturated carbocycles. The minimum absolute atomic E-state index is 0.129. The Morgan fingerprint density at radius 1 is 1.00 bits per heavy atom. The molecular formula is C26H30N2O4. The molecule has 0 spiro atoms. The van der Waals surface area contributed by atoms with Gasteiger partial charge in [0.05, 0.1) is 24.8 Å². The first-order valence-electron chi connectivity index (χ1n) is 11.2. The van der Waals surface area contributed by atoms with Gasteiger partial charge in [0, 0.05) is 31.7 Å². The zero-order valence-corrected chi connectivity index (χ0v) is 18.7. The first-order chi connectivity index (χ1) is 15.5. The first-order valence-corrected chi connectivity index (χ1v) is 11.2. The fourth-order valence-electron chi connectivity index (χ4n) is 4.35. The predicted molar refractivity (Wildman–Crippen MR) is 123 cm³/mol. The fraction of sp³-hybridized carbons (Fsp3) is 0.385. The Balaban J connectivity index is 1.72. The van der Waals surface area contributed by atoms with Gasteiger partial charge in [0.15, 0.2) is 0 Å². The highest BCUT2D eigenvalue weighted by Crippen LogP contribution is 2.39. The van der Waals surface area contributed by atoms with E-state index in [-0.39, 0.29) is 11.3 Å². The van der Waals surface area contributed by atoms with Crippen LogP contribution in [0.15, 0.2) is 60.2 Å². The molecule has 6 heteroatoms. The number of rotatable bonds is 6. The van der Waals surface area contributed by atoms with E-state index in [9.17, 15) is 14.7 Å². The lowest BCUT2D eigenvalue weighted by Crippen LogP contribution is -2.42. The molecule has 2 aromatic carbocycles. The summed E-state index contributed by atoms with van der Waals surface area (Å²) >= 11 is 0. The fourth-order valence-corrected chi connectivity index (χ4v) is 4.35. The molecule has 32 heavy (non-hydrogen) atoms. The molecule has 168 valence electrons. The van der Waals surface area contributed by atoms with Gasteiger partial charge in [-0.15, -0.1) is 0 Å². The summed E-state index contributed by atoms with van der Waals surface area (Å²) in [5.41, 5.74) is 2.69. The Labute approximate surface area is 189 Å². The molecule has 1 N–H and O–H groups in total. The zero-order chi connectivity index (χ0) is 22.7. The number of carbonyl (C=O) groups is 2. The molecule has 0 bridgehead atoms. The molecule has 2 aromatic rings. The second-order valence-electron chi connectivity index (χ2n) is 8.63. The molecule has 2 saturated heterocycles. The molecule has 2 heterocycles. The molecule has 0 aliphatic carbocycles. The molecule has 2 fully saturated rings. The van der Waals surface area contributed by atoms with Gasteiger partial charge in [-0.05, 0) is 17.0 Å². The highest BCUT2D eigenvalue weighted by Gasteiger charge is 2.46. The van der Waals surface area contributed by atoms with Crippen LogP contribution in [-0.2, 0) is 14.3 Å². The average molecular weight is 435 g/mol. The van der Waals surface area contributed by atoms with Gasteiger partial charge in [-0.2, -0.15) is 0 Å². The quantitative estimate of drug-likeness (QED) is 0.428. The van der Waals surface area contributed by atoms with Crippen LogP contribution in [0.2, 0.25) is 0 Å². The van der Waals surface area contributed by atoms with Gasteiger partial charge in [0.1, 0.15) is 5.76 Å². The van der Waals surface area contributed by atoms with Crippen LogP contribution in [0, 0.1) is 0 Å². The number of carbonyl (C=O) groups excluding carboxylic acids is 2. The van der Waals surface area contributed by atoms with Crippen LogP contribution in [0.1, 0.15) is 42.5 Å². The third-order valence-corrected chi connectivity index (χ3v) is 6.27. The van der Waals surface area contributed by atoms with Crippen molar-refractivity contribution in [2.75, 3.05) is 39.4 Å². The lowest BCUT2D eigenvalue weighted by Gasteiger charge is -2.31. The van der Waals surface area contributed by atoms with E-state index in [4.69, 9.17) is 4.74 Å². The number of ether oxygens (including phenoxy) is 1. The lowest BCUT2D eigenvalue weighted by molar-refractivity contribution is -0.140. The minimum atomic E-state index is -0.633. The van der Waals surface area contributed by atoms with Crippen LogP contribution in [0.3, 0.4) is 0 Å². The molecule has 1 unspecified atom stereocenters. The number of aliphatic hydroxyl groups excluding tert-OH is 1. The Hall–Kier alpha value is -2.96. The number of aliphatic hydroxyl groups is 1. The molecule has 1 amide bonds. The van der Waals surface area contributed by atoms with Gasteiger partial charge < -0.3 is 14.7 Å². The van der Waals surface area contributed by atoms with Crippen LogP contribution in [-0.4, -0.2) is 66.0 Å². The Morgan fingerprint density at radius 2 is 1.66 bits per heavy atom. The summed E-state index contributed by atoms with van der Waals surface area (Å²) in [6.45, 7) is 8.27. The number of ketones is 1. The second kappa shape index (κ2) is 9.67. The van der Waals surface area contributed by atoms with E-state index in [0.29, 0.717) is 37.8 Å². The number of benzene rings is 2. The van der Waals surface area contributed by atoms with Crippen molar-refractivity contribution in [1.82, 2.24) is 9.80 Å². The van der Waals surface area contributed by atoms with E-state index in [2.05, 4.69) is 18.7 Å². The third kappa shape index (κ3) is 4.47. The summed E-state index contributed by atoms with van der Waals surface area (Å²) < 4.78 is 5.41. The van der Waals surface area contributed by atoms with Crippen LogP contribution in [0.4, 0.5) is 0 Å². The van der Waals surface area contributed by atoms with Crippen LogP contribution in [0.25, 0.3) is 5.76 Å². The smallest absolute Gasteiger partial charge is 0.295 e. The topological polar surface area (TPSA) is 70.1 Å². The van der Waals surface area contributed by atoms with Gasteiger partial charge >= 0.3 is 0 Å². The van der Waals surface area contributed by atoms with Crippen molar-refractivity contribution in [2.24, 2.45) is 0 Å². The SMILES string of the molecule is CC(C)c1ccc(C2/C(=C(/O)c3ccccc3)C(=O)C(=O)N2CCN2CCOCC2)cc1. The second-order valence-corrected chi connectivity index (χ2v) is 8.63. The van der Waals surface area contributed by atoms with Crippen molar-refractivity contribution in [1.29, 1.82) is 0 Å². The van der Waals surface area contributed by atoms with E-state index >= 15 is 0 Å². The van der Waals surface area contributed by atoms with Gasteiger partial charge in [0.2, 0.25) is 0 Å². The van der Waals surface area contributed by atoms with Crippen molar-refractivity contribution in [2.45, 2.75) is 25.8 Å². The molecule has 2 aliphatic heterocycles. The molecule has 6 nitrogen and oxygen atoms in total. The largest absolute Gasteiger partial charge is 0.507 e. The molecule has 2 aliphatic rings. The maximum Gasteiger partial charge on any atom is 0.295 e. The third-order valence-electron chi connectivity index (χ3n) is 6.27. The maximum absolute atomic E-state index is 13.1. The van der Waals surface area contributed by atoms with E-state index in [0.717, 1.165) is 18.7 Å². The number of morpholine rings is 1. The Kier molecular flexibility index (Phi) is 6.72. The summed E-state index contributed by atoms with van der Waals surface area (Å²) in [5, 5.41) is 11.1. The van der Waals surface area contributed by atoms with E-state index in [1.165, 1.54) is 5.56 Å². The van der Waals surface area contributed by atoms with E-state index in [1.807, 2.05) is 30.3 Å². The molecule has 4 rings (SSSR count). The van der Waals surface area contributed by atoms with Crippen LogP contribution in [0.5, 0.6) is 0 Å². The highest BCUT2D eigenvalue weighted by molar-refractivity contribution is 6.46. The monoisotopic (exact) mass is 434 g/mol. The Bertz CT molecular complexity index is 992. The van der Waals surface area contributed by atoms with Crippen LogP contribution < -0.4 is 0 Å². The molecule has 0 aromatic heterocycles. The van der Waals surface area contributed by atoms with Crippen LogP contribution >= 0.6 is 0 Å². The van der Waals surface area contributed by atoms with Gasteiger partial charge in [-0.3, -0.25) is 14.5 Å². The average Bonchev–Trinajstić information content (AvgIpc) is 3.08. The minimum Gasteiger partial charge on any atom is -0.507 e. The number of hydrogen-bond acceptors (Lipinski definition) is 5. The molecule has 0 radical (unpaired) electrons. The van der Waals surface area contributed by atoms with Gasteiger partial charge in [-0.1, -0.05) is 68.4 Å². The summed E-state index contributed by atoms with van der Waals surface area (Å²) in [6.07, 6.45) is 0. The summed E-state index contributed by atoms with van der Waals surface area (Å²) in [5.74, 6) is -0.947. The number of likely N-dealkylation sites (tertiary alicyclic amines) is 1. The lowest BCUT2D eigenvalue weighted by atomic mass is 9.93. The van der Waals surface area contributed by atoms with Crippen molar-refractivity contribution in [3.8, 4) is 0 Å². The normalized spacial score (nSPS) is 21.5. The summed E-state index contributed by atoms with van der Waals surface area (Å²) in [7, 11) is 0. The predicted octanol–water partition coefficient (Wildman–Crippen LogP) is 3.56. The Morgan fingerprint density at radius 3 is 2.28 bits per heavy atom. The maximum atomic E-state index is 13.1. The summed E-state index contributed by atoms with van der Waals surface area (Å²) in [4.78, 5) is 30.0. The number of Topliss-reactive ketones (excluding diaryl/α,β-unsaturated/α-hetero) is 1. The highest BCUT2D eigenvalue weighted by atomic mass is 16.5. The van der Waals surface area contributed by atoms with E-state index in [1.54, 1.807) is 29.2 Å². The molecule has 1 atom stereocenters. The summed E-state index contributed by atoms with van der Waals surface area (Å²) in [6, 6.07) is 16.3. The van der Waals surface area contributed by atoms with E-state index < -0.39 is 17.7 Å². The number of amides is 1. The van der Waals surface area contributed by atoms with Crippen molar-refractivity contribution < 1.29 is 19.4 Å². The standard InChI is InChI=1S/C26H30N2O4/c1-18(2)19-8-10-20(11-9-19)23-22(24(29)21-6-4-3-5-7-21)25(30)26(31)28(23)13-12-27-14-16-32-17-15-27/h3-11,18,23,29H,12-17H2,1-2H3/b24-22-. The van der Waals surface area contributed by atoms with Gasteiger partial charge in [0.25, 0.3) is 11.7 Å². The van der Waals surface area contributed by atoms with Crippen molar-refractivity contribution in [3.63, 3.8) is 0 Å².